The van der Waals surface area contributed by atoms with Crippen molar-refractivity contribution in [3.05, 3.63) is 53.3 Å². The van der Waals surface area contributed by atoms with Crippen molar-refractivity contribution in [3.63, 3.8) is 0 Å². The number of sulfonamides is 1. The molecule has 2 atom stereocenters. The van der Waals surface area contributed by atoms with Gasteiger partial charge in [-0.1, -0.05) is 30.3 Å². The van der Waals surface area contributed by atoms with Crippen LogP contribution in [-0.4, -0.2) is 43.8 Å². The summed E-state index contributed by atoms with van der Waals surface area (Å²) in [5, 5.41) is 11.7. The average Bonchev–Trinajstić information content (AvgIpc) is 3.02. The summed E-state index contributed by atoms with van der Waals surface area (Å²) in [6.07, 6.45) is 0. The molecule has 2 N–H and O–H groups in total. The molecule has 2 rings (SSSR count). The molecule has 0 saturated heterocycles. The van der Waals surface area contributed by atoms with Gasteiger partial charge in [0.05, 0.1) is 17.5 Å². The lowest BCUT2D eigenvalue weighted by Gasteiger charge is -2.22. The normalized spacial score (nSPS) is 14.0. The Kier molecular flexibility index (Phi) is 6.07. The molecule has 146 valence electrons. The monoisotopic (exact) mass is 394 g/mol. The van der Waals surface area contributed by atoms with Gasteiger partial charge in [0, 0.05) is 20.2 Å². The zero-order valence-electron chi connectivity index (χ0n) is 15.5. The number of aryl methyl sites for hydroxylation is 1. The number of aliphatic carboxylic acids is 1. The minimum atomic E-state index is -3.83. The van der Waals surface area contributed by atoms with E-state index in [0.29, 0.717) is 5.56 Å². The maximum absolute atomic E-state index is 12.7. The molecule has 27 heavy (non-hydrogen) atoms. The summed E-state index contributed by atoms with van der Waals surface area (Å²) in [6.45, 7) is 2.96. The number of amides is 1. The molecule has 1 amide bonds. The Bertz CT molecular complexity index is 934. The van der Waals surface area contributed by atoms with Crippen LogP contribution in [0.5, 0.6) is 0 Å². The minimum Gasteiger partial charge on any atom is -0.481 e. The lowest BCUT2D eigenvalue weighted by molar-refractivity contribution is -0.142. The molecule has 0 aliphatic heterocycles. The van der Waals surface area contributed by atoms with Gasteiger partial charge in [-0.3, -0.25) is 9.59 Å². The predicted molar refractivity (Wildman–Crippen MR) is 97.8 cm³/mol. The number of carboxylic acid groups (broad SMARTS) is 1. The number of hydrogen-bond donors (Lipinski definition) is 2. The fraction of sp³-hybridized carbons (Fsp3) is 0.333. The Morgan fingerprint density at radius 3 is 2.30 bits per heavy atom. The molecule has 8 nitrogen and oxygen atoms in total. The molecule has 0 fully saturated rings. The highest BCUT2D eigenvalue weighted by Gasteiger charge is 2.30. The summed E-state index contributed by atoms with van der Waals surface area (Å²) >= 11 is 0. The number of rotatable bonds is 7. The molecule has 0 aliphatic rings. The lowest BCUT2D eigenvalue weighted by Crippen LogP contribution is -2.35. The molecular formula is C18H22N2O6S. The second-order valence-corrected chi connectivity index (χ2v) is 8.39. The maximum atomic E-state index is 12.7. The van der Waals surface area contributed by atoms with Gasteiger partial charge in [0.1, 0.15) is 5.76 Å². The molecule has 0 radical (unpaired) electrons. The summed E-state index contributed by atoms with van der Waals surface area (Å²) in [6, 6.07) is 9.06. The molecule has 2 aromatic rings. The van der Waals surface area contributed by atoms with E-state index in [1.54, 1.807) is 30.3 Å². The zero-order valence-corrected chi connectivity index (χ0v) is 16.3. The van der Waals surface area contributed by atoms with Gasteiger partial charge < -0.3 is 14.8 Å². The van der Waals surface area contributed by atoms with Gasteiger partial charge in [0.15, 0.2) is 0 Å². The Hall–Kier alpha value is -2.65. The van der Waals surface area contributed by atoms with E-state index in [4.69, 9.17) is 4.42 Å². The number of hydrogen-bond acceptors (Lipinski definition) is 5. The maximum Gasteiger partial charge on any atom is 0.308 e. The van der Waals surface area contributed by atoms with Gasteiger partial charge in [0.2, 0.25) is 5.09 Å². The van der Waals surface area contributed by atoms with Crippen molar-refractivity contribution in [2.24, 2.45) is 5.92 Å². The molecule has 0 aliphatic carbocycles. The molecular weight excluding hydrogens is 372 g/mol. The van der Waals surface area contributed by atoms with Crippen LogP contribution in [-0.2, 0) is 14.8 Å². The Morgan fingerprint density at radius 2 is 1.78 bits per heavy atom. The summed E-state index contributed by atoms with van der Waals surface area (Å²) in [7, 11) is -1.12. The highest BCUT2D eigenvalue weighted by atomic mass is 32.2. The Labute approximate surface area is 157 Å². The number of benzene rings is 1. The third kappa shape index (κ3) is 4.37. The third-order valence-corrected chi connectivity index (χ3v) is 5.88. The van der Waals surface area contributed by atoms with Crippen LogP contribution in [0, 0.1) is 12.8 Å². The second kappa shape index (κ2) is 7.93. The summed E-state index contributed by atoms with van der Waals surface area (Å²) in [5.74, 6) is -2.45. The van der Waals surface area contributed by atoms with Crippen molar-refractivity contribution in [1.29, 1.82) is 0 Å². The van der Waals surface area contributed by atoms with Crippen LogP contribution in [0.2, 0.25) is 0 Å². The summed E-state index contributed by atoms with van der Waals surface area (Å²) in [5.41, 5.74) is 0.664. The van der Waals surface area contributed by atoms with Crippen molar-refractivity contribution in [1.82, 2.24) is 9.62 Å². The Balaban J connectivity index is 2.36. The van der Waals surface area contributed by atoms with Crippen LogP contribution in [0.15, 0.2) is 45.9 Å². The number of nitrogens with zero attached hydrogens (tertiary/aromatic N) is 1. The predicted octanol–water partition coefficient (Wildman–Crippen LogP) is 2.03. The van der Waals surface area contributed by atoms with E-state index in [9.17, 15) is 23.1 Å². The highest BCUT2D eigenvalue weighted by molar-refractivity contribution is 7.88. The highest BCUT2D eigenvalue weighted by Crippen LogP contribution is 2.25. The molecule has 1 aromatic heterocycles. The van der Waals surface area contributed by atoms with Crippen LogP contribution >= 0.6 is 0 Å². The van der Waals surface area contributed by atoms with Gasteiger partial charge in [0.25, 0.3) is 15.9 Å². The number of carbonyl (C=O) groups excluding carboxylic acids is 1. The Morgan fingerprint density at radius 1 is 1.19 bits per heavy atom. The van der Waals surface area contributed by atoms with E-state index in [1.165, 1.54) is 27.9 Å². The average molecular weight is 394 g/mol. The standard InChI is InChI=1S/C18H22N2O6S/c1-11(18(22)23)16(13-8-6-5-7-9-13)19-17(21)14-10-15(26-12(14)2)27(24,25)20(3)4/h5-11,16H,1-4H3,(H,19,21)(H,22,23). The molecule has 0 saturated carbocycles. The summed E-state index contributed by atoms with van der Waals surface area (Å²) in [4.78, 5) is 24.2. The topological polar surface area (TPSA) is 117 Å². The van der Waals surface area contributed by atoms with Crippen LogP contribution in [0.4, 0.5) is 0 Å². The molecule has 0 bridgehead atoms. The second-order valence-electron chi connectivity index (χ2n) is 6.31. The van der Waals surface area contributed by atoms with Crippen molar-refractivity contribution in [3.8, 4) is 0 Å². The fourth-order valence-corrected chi connectivity index (χ4v) is 3.36. The van der Waals surface area contributed by atoms with Crippen molar-refractivity contribution >= 4 is 21.9 Å². The largest absolute Gasteiger partial charge is 0.481 e. The van der Waals surface area contributed by atoms with E-state index in [-0.39, 0.29) is 16.4 Å². The van der Waals surface area contributed by atoms with Crippen LogP contribution in [0.3, 0.4) is 0 Å². The van der Waals surface area contributed by atoms with Gasteiger partial charge in [-0.05, 0) is 19.4 Å². The molecule has 1 heterocycles. The number of furan rings is 1. The van der Waals surface area contributed by atoms with E-state index in [2.05, 4.69) is 5.32 Å². The zero-order chi connectivity index (χ0) is 20.4. The minimum absolute atomic E-state index is 0.0361. The van der Waals surface area contributed by atoms with Crippen LogP contribution in [0.25, 0.3) is 0 Å². The SMILES string of the molecule is Cc1oc(S(=O)(=O)N(C)C)cc1C(=O)NC(c1ccccc1)C(C)C(=O)O. The first kappa shape index (κ1) is 20.7. The van der Waals surface area contributed by atoms with Gasteiger partial charge >= 0.3 is 5.97 Å². The first-order chi connectivity index (χ1) is 12.6. The van der Waals surface area contributed by atoms with E-state index in [1.807, 2.05) is 0 Å². The van der Waals surface area contributed by atoms with E-state index in [0.717, 1.165) is 10.4 Å². The van der Waals surface area contributed by atoms with E-state index >= 15 is 0 Å². The molecule has 2 unspecified atom stereocenters. The lowest BCUT2D eigenvalue weighted by atomic mass is 9.94. The smallest absolute Gasteiger partial charge is 0.308 e. The first-order valence-electron chi connectivity index (χ1n) is 8.17. The van der Waals surface area contributed by atoms with Crippen molar-refractivity contribution in [2.75, 3.05) is 14.1 Å². The number of nitrogens with one attached hydrogen (secondary N) is 1. The van der Waals surface area contributed by atoms with Crippen molar-refractivity contribution < 1.29 is 27.5 Å². The quantitative estimate of drug-likeness (QED) is 0.742. The number of carboxylic acids is 1. The fourth-order valence-electron chi connectivity index (χ4n) is 2.51. The molecule has 9 heteroatoms. The van der Waals surface area contributed by atoms with Crippen LogP contribution < -0.4 is 5.32 Å². The van der Waals surface area contributed by atoms with Gasteiger partial charge in [-0.2, -0.15) is 0 Å². The van der Waals surface area contributed by atoms with Gasteiger partial charge in [-0.15, -0.1) is 0 Å². The van der Waals surface area contributed by atoms with Crippen molar-refractivity contribution in [2.45, 2.75) is 25.0 Å². The van der Waals surface area contributed by atoms with E-state index < -0.39 is 33.9 Å². The molecule has 0 spiro atoms. The molecule has 1 aromatic carbocycles. The van der Waals surface area contributed by atoms with Gasteiger partial charge in [-0.25, -0.2) is 12.7 Å². The van der Waals surface area contributed by atoms with Crippen LogP contribution in [0.1, 0.15) is 34.6 Å². The third-order valence-electron chi connectivity index (χ3n) is 4.21. The first-order valence-corrected chi connectivity index (χ1v) is 9.61. The number of carbonyl (C=O) groups is 2. The summed E-state index contributed by atoms with van der Waals surface area (Å²) < 4.78 is 30.6.